The molecule has 2 saturated heterocycles. The number of rotatable bonds is 6. The maximum atomic E-state index is 12.4. The molecule has 2 aliphatic heterocycles. The summed E-state index contributed by atoms with van der Waals surface area (Å²) in [4.78, 5) is 21.4. The van der Waals surface area contributed by atoms with E-state index in [-0.39, 0.29) is 12.1 Å². The first-order chi connectivity index (χ1) is 19.1. The van der Waals surface area contributed by atoms with E-state index < -0.39 is 5.97 Å². The maximum absolute atomic E-state index is 12.4. The Kier molecular flexibility index (Phi) is 7.00. The van der Waals surface area contributed by atoms with E-state index in [1.807, 2.05) is 42.5 Å². The van der Waals surface area contributed by atoms with Crippen LogP contribution in [0.4, 0.5) is 11.4 Å². The van der Waals surface area contributed by atoms with E-state index in [2.05, 4.69) is 44.4 Å². The molecule has 0 aliphatic carbocycles. The average Bonchev–Trinajstić information content (AvgIpc) is 3.62. The van der Waals surface area contributed by atoms with Crippen molar-refractivity contribution >= 4 is 34.7 Å². The van der Waals surface area contributed by atoms with E-state index in [0.717, 1.165) is 43.4 Å². The first-order valence-electron chi connectivity index (χ1n) is 12.8. The Morgan fingerprint density at radius 1 is 0.974 bits per heavy atom. The maximum Gasteiger partial charge on any atom is 0.338 e. The molecule has 2 atom stereocenters. The van der Waals surface area contributed by atoms with E-state index in [1.54, 1.807) is 18.3 Å². The number of esters is 1. The number of anilines is 2. The number of benzene rings is 2. The van der Waals surface area contributed by atoms with Gasteiger partial charge in [-0.15, -0.1) is 0 Å². The second-order valence-corrected chi connectivity index (χ2v) is 9.74. The van der Waals surface area contributed by atoms with Gasteiger partial charge in [0.25, 0.3) is 0 Å². The minimum absolute atomic E-state index is 0.243. The largest absolute Gasteiger partial charge is 0.465 e. The van der Waals surface area contributed by atoms with Crippen LogP contribution in [-0.4, -0.2) is 49.5 Å². The Labute approximate surface area is 232 Å². The van der Waals surface area contributed by atoms with Crippen molar-refractivity contribution in [1.29, 1.82) is 0 Å². The molecule has 9 heteroatoms. The highest BCUT2D eigenvalue weighted by atomic mass is 32.1. The second-order valence-electron chi connectivity index (χ2n) is 9.35. The fourth-order valence-corrected chi connectivity index (χ4v) is 5.56. The monoisotopic (exact) mass is 540 g/mol. The molecule has 4 aromatic rings. The van der Waals surface area contributed by atoms with Gasteiger partial charge < -0.3 is 29.0 Å². The number of ether oxygens (including phenoxy) is 2. The van der Waals surface area contributed by atoms with Crippen LogP contribution in [0.2, 0.25) is 0 Å². The zero-order chi connectivity index (χ0) is 26.8. The fraction of sp³-hybridized carbons (Fsp3) is 0.233. The number of aromatic nitrogens is 1. The molecule has 2 aliphatic rings. The van der Waals surface area contributed by atoms with Crippen molar-refractivity contribution in [2.24, 2.45) is 0 Å². The fourth-order valence-electron chi connectivity index (χ4n) is 5.21. The Morgan fingerprint density at radius 2 is 1.72 bits per heavy atom. The number of hydrogen-bond donors (Lipinski definition) is 1. The summed E-state index contributed by atoms with van der Waals surface area (Å²) in [5.74, 6) is 0.858. The number of nitrogens with zero attached hydrogens (tertiary/aromatic N) is 3. The SMILES string of the molecule is COC(=O)c1ccccc1-c1ccc([C@H]2[C@@H](c3ccccn3)NC(=S)N2c2ccc(N3CCOCC3)cc2)o1. The van der Waals surface area contributed by atoms with Gasteiger partial charge in [0.15, 0.2) is 5.11 Å². The summed E-state index contributed by atoms with van der Waals surface area (Å²) in [6.45, 7) is 3.20. The van der Waals surface area contributed by atoms with Crippen LogP contribution in [-0.2, 0) is 9.47 Å². The minimum atomic E-state index is -0.416. The van der Waals surface area contributed by atoms with Gasteiger partial charge in [-0.05, 0) is 66.8 Å². The number of methoxy groups -OCH3 is 1. The summed E-state index contributed by atoms with van der Waals surface area (Å²) < 4.78 is 16.9. The van der Waals surface area contributed by atoms with Crippen LogP contribution >= 0.6 is 12.2 Å². The van der Waals surface area contributed by atoms with Gasteiger partial charge in [0.2, 0.25) is 0 Å². The van der Waals surface area contributed by atoms with Crippen LogP contribution in [0.5, 0.6) is 0 Å². The molecule has 0 saturated carbocycles. The van der Waals surface area contributed by atoms with Gasteiger partial charge in [0.1, 0.15) is 17.6 Å². The molecule has 6 rings (SSSR count). The number of morpholine rings is 1. The van der Waals surface area contributed by atoms with Gasteiger partial charge >= 0.3 is 5.97 Å². The number of furan rings is 1. The summed E-state index contributed by atoms with van der Waals surface area (Å²) in [6.07, 6.45) is 1.77. The van der Waals surface area contributed by atoms with Crippen LogP contribution in [0.1, 0.15) is 33.9 Å². The first kappa shape index (κ1) is 25.1. The summed E-state index contributed by atoms with van der Waals surface area (Å²) >= 11 is 5.86. The van der Waals surface area contributed by atoms with Crippen molar-refractivity contribution in [2.75, 3.05) is 43.2 Å². The number of hydrogen-bond acceptors (Lipinski definition) is 7. The summed E-state index contributed by atoms with van der Waals surface area (Å²) in [5.41, 5.74) is 4.06. The third-order valence-electron chi connectivity index (χ3n) is 7.12. The van der Waals surface area contributed by atoms with Crippen molar-refractivity contribution < 1.29 is 18.7 Å². The number of carbonyl (C=O) groups is 1. The highest BCUT2D eigenvalue weighted by molar-refractivity contribution is 7.80. The topological polar surface area (TPSA) is 80.1 Å². The molecular weight excluding hydrogens is 512 g/mol. The van der Waals surface area contributed by atoms with Crippen LogP contribution in [0.15, 0.2) is 89.5 Å². The lowest BCUT2D eigenvalue weighted by molar-refractivity contribution is 0.0601. The van der Waals surface area contributed by atoms with Crippen molar-refractivity contribution in [2.45, 2.75) is 12.1 Å². The Morgan fingerprint density at radius 3 is 2.46 bits per heavy atom. The van der Waals surface area contributed by atoms with Crippen molar-refractivity contribution in [3.05, 3.63) is 102 Å². The number of pyridine rings is 1. The molecule has 0 bridgehead atoms. The molecule has 8 nitrogen and oxygen atoms in total. The molecule has 0 spiro atoms. The van der Waals surface area contributed by atoms with Gasteiger partial charge in [0.05, 0.1) is 37.6 Å². The minimum Gasteiger partial charge on any atom is -0.465 e. The van der Waals surface area contributed by atoms with E-state index in [4.69, 9.17) is 26.1 Å². The van der Waals surface area contributed by atoms with Crippen molar-refractivity contribution in [1.82, 2.24) is 10.3 Å². The number of thiocarbonyl (C=S) groups is 1. The normalized spacial score (nSPS) is 19.2. The molecule has 39 heavy (non-hydrogen) atoms. The zero-order valence-electron chi connectivity index (χ0n) is 21.4. The van der Waals surface area contributed by atoms with E-state index in [9.17, 15) is 4.79 Å². The van der Waals surface area contributed by atoms with Gasteiger partial charge in [-0.2, -0.15) is 0 Å². The predicted molar refractivity (Wildman–Crippen MR) is 153 cm³/mol. The molecule has 198 valence electrons. The van der Waals surface area contributed by atoms with Crippen molar-refractivity contribution in [3.8, 4) is 11.3 Å². The Bertz CT molecular complexity index is 1470. The number of carbonyl (C=O) groups excluding carboxylic acids is 1. The third-order valence-corrected chi connectivity index (χ3v) is 7.43. The van der Waals surface area contributed by atoms with Crippen molar-refractivity contribution in [3.63, 3.8) is 0 Å². The molecule has 2 fully saturated rings. The van der Waals surface area contributed by atoms with Gasteiger partial charge in [-0.25, -0.2) is 4.79 Å². The standard InChI is InChI=1S/C30H28N4O4S/c1-36-29(35)23-7-3-2-6-22(23)25-13-14-26(38-25)28-27(24-8-4-5-15-31-24)32-30(39)34(28)21-11-9-20(10-12-21)33-16-18-37-19-17-33/h2-15,27-28H,16-19H2,1H3,(H,32,39)/t27-,28+/m1/s1. The highest BCUT2D eigenvalue weighted by Gasteiger charge is 2.42. The molecule has 2 aromatic carbocycles. The van der Waals surface area contributed by atoms with Crippen LogP contribution < -0.4 is 15.1 Å². The lowest BCUT2D eigenvalue weighted by Gasteiger charge is -2.30. The van der Waals surface area contributed by atoms with E-state index >= 15 is 0 Å². The predicted octanol–water partition coefficient (Wildman–Crippen LogP) is 5.14. The summed E-state index contributed by atoms with van der Waals surface area (Å²) in [6, 6.07) is 24.8. The second kappa shape index (κ2) is 10.9. The zero-order valence-corrected chi connectivity index (χ0v) is 22.3. The van der Waals surface area contributed by atoms with Crippen LogP contribution in [0.25, 0.3) is 11.3 Å². The lowest BCUT2D eigenvalue weighted by atomic mass is 10.0. The van der Waals surface area contributed by atoms with Gasteiger partial charge in [0, 0.05) is 36.2 Å². The lowest BCUT2D eigenvalue weighted by Crippen LogP contribution is -2.36. The smallest absolute Gasteiger partial charge is 0.338 e. The third kappa shape index (κ3) is 4.86. The van der Waals surface area contributed by atoms with Gasteiger partial charge in [-0.1, -0.05) is 24.3 Å². The van der Waals surface area contributed by atoms with Crippen LogP contribution in [0.3, 0.4) is 0 Å². The summed E-state index contributed by atoms with van der Waals surface area (Å²) in [7, 11) is 1.37. The summed E-state index contributed by atoms with van der Waals surface area (Å²) in [5, 5.41) is 4.05. The van der Waals surface area contributed by atoms with E-state index in [1.165, 1.54) is 7.11 Å². The Hall–Kier alpha value is -4.21. The molecule has 0 amide bonds. The molecule has 4 heterocycles. The number of nitrogens with one attached hydrogen (secondary N) is 1. The Balaban J connectivity index is 1.38. The molecule has 0 radical (unpaired) electrons. The van der Waals surface area contributed by atoms with Gasteiger partial charge in [-0.3, -0.25) is 4.98 Å². The molecule has 2 aromatic heterocycles. The molecular formula is C30H28N4O4S. The quantitative estimate of drug-likeness (QED) is 0.264. The highest BCUT2D eigenvalue weighted by Crippen LogP contribution is 2.43. The average molecular weight is 541 g/mol. The van der Waals surface area contributed by atoms with E-state index in [0.29, 0.717) is 27.8 Å². The molecule has 1 N–H and O–H groups in total. The van der Waals surface area contributed by atoms with Crippen LogP contribution in [0, 0.1) is 0 Å². The first-order valence-corrected chi connectivity index (χ1v) is 13.3. The molecule has 0 unspecified atom stereocenters.